The molecule has 1 aromatic carbocycles. The van der Waals surface area contributed by atoms with Gasteiger partial charge in [0.2, 0.25) is 11.8 Å². The van der Waals surface area contributed by atoms with Gasteiger partial charge in [-0.3, -0.25) is 9.59 Å². The Morgan fingerprint density at radius 3 is 1.78 bits per heavy atom. The van der Waals surface area contributed by atoms with Crippen LogP contribution in [0, 0.1) is 0 Å². The number of benzene rings is 1. The van der Waals surface area contributed by atoms with Crippen LogP contribution >= 0.6 is 0 Å². The SMILES string of the molecule is CN(Cc1cc(C(F)(F)F)cc(C(F)(F)F)c1)C(=O)CC(N)=O. The molecule has 0 aliphatic heterocycles. The summed E-state index contributed by atoms with van der Waals surface area (Å²) in [5.74, 6) is -1.77. The molecule has 2 amide bonds. The Bertz CT molecular complexity index is 577. The van der Waals surface area contributed by atoms with E-state index in [0.29, 0.717) is 12.1 Å². The van der Waals surface area contributed by atoms with Crippen molar-refractivity contribution in [2.75, 3.05) is 7.05 Å². The molecule has 0 unspecified atom stereocenters. The number of carbonyl (C=O) groups excluding carboxylic acids is 2. The van der Waals surface area contributed by atoms with Crippen molar-refractivity contribution in [3.8, 4) is 0 Å². The summed E-state index contributed by atoms with van der Waals surface area (Å²) in [6, 6.07) is 1.03. The molecule has 1 rings (SSSR count). The van der Waals surface area contributed by atoms with Gasteiger partial charge in [0.05, 0.1) is 11.1 Å². The van der Waals surface area contributed by atoms with Crippen molar-refractivity contribution in [3.63, 3.8) is 0 Å². The monoisotopic (exact) mass is 342 g/mol. The van der Waals surface area contributed by atoms with Gasteiger partial charge in [-0.2, -0.15) is 26.3 Å². The van der Waals surface area contributed by atoms with Crippen LogP contribution in [0.25, 0.3) is 0 Å². The molecule has 2 N–H and O–H groups in total. The largest absolute Gasteiger partial charge is 0.416 e. The fourth-order valence-electron chi connectivity index (χ4n) is 1.76. The highest BCUT2D eigenvalue weighted by Crippen LogP contribution is 2.36. The van der Waals surface area contributed by atoms with Crippen molar-refractivity contribution in [1.82, 2.24) is 4.90 Å². The molecular weight excluding hydrogens is 330 g/mol. The van der Waals surface area contributed by atoms with Gasteiger partial charge in [0.1, 0.15) is 6.42 Å². The molecule has 10 heteroatoms. The molecule has 0 saturated carbocycles. The van der Waals surface area contributed by atoms with E-state index in [2.05, 4.69) is 0 Å². The first-order valence-electron chi connectivity index (χ1n) is 6.11. The maximum atomic E-state index is 12.7. The van der Waals surface area contributed by atoms with Crippen LogP contribution in [-0.2, 0) is 28.5 Å². The van der Waals surface area contributed by atoms with Crippen LogP contribution in [0.2, 0.25) is 0 Å². The van der Waals surface area contributed by atoms with Crippen molar-refractivity contribution in [1.29, 1.82) is 0 Å². The van der Waals surface area contributed by atoms with E-state index >= 15 is 0 Å². The Morgan fingerprint density at radius 2 is 1.43 bits per heavy atom. The summed E-state index contributed by atoms with van der Waals surface area (Å²) >= 11 is 0. The summed E-state index contributed by atoms with van der Waals surface area (Å²) in [7, 11) is 1.14. The fourth-order valence-corrected chi connectivity index (χ4v) is 1.76. The van der Waals surface area contributed by atoms with Gasteiger partial charge < -0.3 is 10.6 Å². The number of hydrogen-bond donors (Lipinski definition) is 1. The molecule has 1 aromatic rings. The zero-order chi connectivity index (χ0) is 18.0. The minimum absolute atomic E-state index is 0.00523. The van der Waals surface area contributed by atoms with Gasteiger partial charge in [0.15, 0.2) is 0 Å². The summed E-state index contributed by atoms with van der Waals surface area (Å²) in [6.07, 6.45) is -10.6. The Kier molecular flexibility index (Phi) is 5.28. The van der Waals surface area contributed by atoms with E-state index in [9.17, 15) is 35.9 Å². The average molecular weight is 342 g/mol. The van der Waals surface area contributed by atoms with Crippen LogP contribution in [0.15, 0.2) is 18.2 Å². The Hall–Kier alpha value is -2.26. The Labute approximate surface area is 126 Å². The third kappa shape index (κ3) is 5.46. The lowest BCUT2D eigenvalue weighted by Gasteiger charge is -2.19. The summed E-state index contributed by atoms with van der Waals surface area (Å²) in [6.45, 7) is -0.529. The van der Waals surface area contributed by atoms with Crippen LogP contribution in [0.1, 0.15) is 23.1 Å². The maximum Gasteiger partial charge on any atom is 0.416 e. The number of nitrogens with zero attached hydrogens (tertiary/aromatic N) is 1. The molecule has 0 aliphatic carbocycles. The van der Waals surface area contributed by atoms with E-state index in [-0.39, 0.29) is 11.6 Å². The van der Waals surface area contributed by atoms with Crippen molar-refractivity contribution >= 4 is 11.8 Å². The predicted molar refractivity (Wildman–Crippen MR) is 66.7 cm³/mol. The number of hydrogen-bond acceptors (Lipinski definition) is 2. The molecule has 4 nitrogen and oxygen atoms in total. The van der Waals surface area contributed by atoms with Crippen LogP contribution in [0.4, 0.5) is 26.3 Å². The lowest BCUT2D eigenvalue weighted by atomic mass is 10.0. The number of primary amides is 1. The number of halogens is 6. The van der Waals surface area contributed by atoms with Crippen molar-refractivity contribution in [3.05, 3.63) is 34.9 Å². The van der Waals surface area contributed by atoms with E-state index in [1.54, 1.807) is 0 Å². The zero-order valence-electron chi connectivity index (χ0n) is 11.8. The first-order valence-corrected chi connectivity index (χ1v) is 6.11. The topological polar surface area (TPSA) is 63.4 Å². The molecule has 128 valence electrons. The summed E-state index contributed by atoms with van der Waals surface area (Å²) in [4.78, 5) is 22.9. The first-order chi connectivity index (χ1) is 10.3. The Morgan fingerprint density at radius 1 is 1.00 bits per heavy atom. The molecule has 0 aromatic heterocycles. The summed E-state index contributed by atoms with van der Waals surface area (Å²) in [5.41, 5.74) is 1.49. The molecule has 23 heavy (non-hydrogen) atoms. The van der Waals surface area contributed by atoms with Gasteiger partial charge in [-0.05, 0) is 23.8 Å². The van der Waals surface area contributed by atoms with E-state index < -0.39 is 48.3 Å². The molecule has 0 heterocycles. The van der Waals surface area contributed by atoms with Crippen LogP contribution in [0.3, 0.4) is 0 Å². The van der Waals surface area contributed by atoms with Gasteiger partial charge >= 0.3 is 12.4 Å². The fraction of sp³-hybridized carbons (Fsp3) is 0.385. The predicted octanol–water partition coefficient (Wildman–Crippen LogP) is 2.56. The highest BCUT2D eigenvalue weighted by molar-refractivity contribution is 5.95. The van der Waals surface area contributed by atoms with Crippen LogP contribution in [-0.4, -0.2) is 23.8 Å². The number of rotatable bonds is 4. The lowest BCUT2D eigenvalue weighted by molar-refractivity contribution is -0.143. The molecular formula is C13H12F6N2O2. The number of amides is 2. The van der Waals surface area contributed by atoms with Crippen molar-refractivity contribution < 1.29 is 35.9 Å². The molecule has 0 atom stereocenters. The second-order valence-electron chi connectivity index (χ2n) is 4.81. The maximum absolute atomic E-state index is 12.7. The first kappa shape index (κ1) is 18.8. The minimum atomic E-state index is -4.97. The normalized spacial score (nSPS) is 12.1. The molecule has 0 saturated heterocycles. The highest BCUT2D eigenvalue weighted by Gasteiger charge is 2.37. The molecule has 0 aliphatic rings. The van der Waals surface area contributed by atoms with Crippen LogP contribution < -0.4 is 5.73 Å². The highest BCUT2D eigenvalue weighted by atomic mass is 19.4. The number of carbonyl (C=O) groups is 2. The average Bonchev–Trinajstić information content (AvgIpc) is 2.35. The molecule has 0 bridgehead atoms. The lowest BCUT2D eigenvalue weighted by Crippen LogP contribution is -2.30. The Balaban J connectivity index is 3.15. The molecule has 0 fully saturated rings. The third-order valence-electron chi connectivity index (χ3n) is 2.82. The van der Waals surface area contributed by atoms with Gasteiger partial charge in [-0.25, -0.2) is 0 Å². The van der Waals surface area contributed by atoms with Crippen molar-refractivity contribution in [2.24, 2.45) is 5.73 Å². The summed E-state index contributed by atoms with van der Waals surface area (Å²) in [5, 5.41) is 0. The van der Waals surface area contributed by atoms with E-state index in [1.165, 1.54) is 0 Å². The smallest absolute Gasteiger partial charge is 0.369 e. The van der Waals surface area contributed by atoms with Gasteiger partial charge in [-0.1, -0.05) is 0 Å². The standard InChI is InChI=1S/C13H12F6N2O2/c1-21(11(23)5-10(20)22)6-7-2-8(12(14,15)16)4-9(3-7)13(17,18)19/h2-4H,5-6H2,1H3,(H2,20,22). The van der Waals surface area contributed by atoms with Gasteiger partial charge in [0, 0.05) is 13.6 Å². The quantitative estimate of drug-likeness (QED) is 0.675. The zero-order valence-corrected chi connectivity index (χ0v) is 11.8. The molecule has 0 radical (unpaired) electrons. The van der Waals surface area contributed by atoms with Crippen molar-refractivity contribution in [2.45, 2.75) is 25.3 Å². The van der Waals surface area contributed by atoms with E-state index in [0.717, 1.165) is 11.9 Å². The molecule has 0 spiro atoms. The summed E-state index contributed by atoms with van der Waals surface area (Å²) < 4.78 is 76.2. The van der Waals surface area contributed by atoms with E-state index in [4.69, 9.17) is 5.73 Å². The third-order valence-corrected chi connectivity index (χ3v) is 2.82. The van der Waals surface area contributed by atoms with Gasteiger partial charge in [-0.15, -0.1) is 0 Å². The number of alkyl halides is 6. The minimum Gasteiger partial charge on any atom is -0.369 e. The number of nitrogens with two attached hydrogens (primary N) is 1. The second-order valence-corrected chi connectivity index (χ2v) is 4.81. The second kappa shape index (κ2) is 6.47. The van der Waals surface area contributed by atoms with Gasteiger partial charge in [0.25, 0.3) is 0 Å². The van der Waals surface area contributed by atoms with Crippen LogP contribution in [0.5, 0.6) is 0 Å². The van der Waals surface area contributed by atoms with E-state index in [1.807, 2.05) is 0 Å².